The fraction of sp³-hybridized carbons (Fsp3) is 0.182. The van der Waals surface area contributed by atoms with Gasteiger partial charge in [0.05, 0.1) is 5.75 Å². The molecule has 8 heteroatoms. The van der Waals surface area contributed by atoms with Gasteiger partial charge < -0.3 is 4.42 Å². The van der Waals surface area contributed by atoms with Crippen molar-refractivity contribution in [3.63, 3.8) is 0 Å². The van der Waals surface area contributed by atoms with Crippen molar-refractivity contribution in [3.8, 4) is 11.4 Å². The third-order valence-electron chi connectivity index (χ3n) is 2.31. The van der Waals surface area contributed by atoms with Gasteiger partial charge >= 0.3 is 0 Å². The average Bonchev–Trinajstić information content (AvgIpc) is 3.06. The van der Waals surface area contributed by atoms with E-state index in [0.29, 0.717) is 28.5 Å². The Morgan fingerprint density at radius 3 is 2.84 bits per heavy atom. The van der Waals surface area contributed by atoms with Gasteiger partial charge in [0.15, 0.2) is 5.82 Å². The van der Waals surface area contributed by atoms with Crippen LogP contribution in [-0.4, -0.2) is 30.4 Å². The first-order valence-electron chi connectivity index (χ1n) is 5.56. The molecule has 3 aromatic rings. The molecule has 0 unspecified atom stereocenters. The van der Waals surface area contributed by atoms with Gasteiger partial charge in [-0.05, 0) is 12.1 Å². The molecule has 96 valence electrons. The lowest BCUT2D eigenvalue weighted by Crippen LogP contribution is -1.82. The molecule has 0 saturated heterocycles. The predicted octanol–water partition coefficient (Wildman–Crippen LogP) is 1.85. The molecule has 1 N–H and O–H groups in total. The van der Waals surface area contributed by atoms with Crippen LogP contribution in [-0.2, 0) is 5.75 Å². The van der Waals surface area contributed by atoms with Gasteiger partial charge in [-0.3, -0.25) is 10.1 Å². The molecular formula is C11H10N6OS. The van der Waals surface area contributed by atoms with E-state index in [4.69, 9.17) is 4.42 Å². The van der Waals surface area contributed by atoms with Gasteiger partial charge in [-0.2, -0.15) is 0 Å². The average molecular weight is 274 g/mol. The number of nitrogens with one attached hydrogen (secondary N) is 1. The Morgan fingerprint density at radius 2 is 2.11 bits per heavy atom. The molecule has 0 bridgehead atoms. The number of aromatic amines is 1. The summed E-state index contributed by atoms with van der Waals surface area (Å²) in [5, 5.41) is 15.3. The lowest BCUT2D eigenvalue weighted by atomic mass is 10.3. The highest BCUT2D eigenvalue weighted by Crippen LogP contribution is 2.21. The van der Waals surface area contributed by atoms with Crippen LogP contribution in [0.4, 0.5) is 0 Å². The topological polar surface area (TPSA) is 93.4 Å². The second-order valence-electron chi connectivity index (χ2n) is 3.71. The largest absolute Gasteiger partial charge is 0.425 e. The normalized spacial score (nSPS) is 10.8. The van der Waals surface area contributed by atoms with Gasteiger partial charge in [0.2, 0.25) is 16.9 Å². The van der Waals surface area contributed by atoms with E-state index in [1.54, 1.807) is 19.3 Å². The number of nitrogens with zero attached hydrogens (tertiary/aromatic N) is 5. The quantitative estimate of drug-likeness (QED) is 0.725. The number of hydrogen-bond donors (Lipinski definition) is 1. The maximum atomic E-state index is 5.28. The Balaban J connectivity index is 1.68. The summed E-state index contributed by atoms with van der Waals surface area (Å²) in [5.74, 6) is 2.39. The minimum absolute atomic E-state index is 0.550. The summed E-state index contributed by atoms with van der Waals surface area (Å²) in [4.78, 5) is 8.34. The zero-order valence-electron chi connectivity index (χ0n) is 10.1. The van der Waals surface area contributed by atoms with Crippen LogP contribution in [0.3, 0.4) is 0 Å². The van der Waals surface area contributed by atoms with Crippen LogP contribution in [0.2, 0.25) is 0 Å². The highest BCUT2D eigenvalue weighted by molar-refractivity contribution is 7.98. The number of aryl methyl sites for hydroxylation is 1. The van der Waals surface area contributed by atoms with E-state index >= 15 is 0 Å². The van der Waals surface area contributed by atoms with Gasteiger partial charge in [-0.1, -0.05) is 11.8 Å². The summed E-state index contributed by atoms with van der Waals surface area (Å²) < 4.78 is 5.28. The van der Waals surface area contributed by atoms with Gasteiger partial charge in [0, 0.05) is 24.9 Å². The monoisotopic (exact) mass is 274 g/mol. The maximum absolute atomic E-state index is 5.28. The van der Waals surface area contributed by atoms with E-state index in [2.05, 4.69) is 30.4 Å². The summed E-state index contributed by atoms with van der Waals surface area (Å²) in [7, 11) is 0. The van der Waals surface area contributed by atoms with Crippen molar-refractivity contribution in [2.45, 2.75) is 17.8 Å². The summed E-state index contributed by atoms with van der Waals surface area (Å²) in [6, 6.07) is 3.74. The minimum Gasteiger partial charge on any atom is -0.425 e. The van der Waals surface area contributed by atoms with Crippen molar-refractivity contribution in [2.24, 2.45) is 0 Å². The second kappa shape index (κ2) is 5.19. The van der Waals surface area contributed by atoms with Gasteiger partial charge in [-0.15, -0.1) is 15.3 Å². The van der Waals surface area contributed by atoms with E-state index < -0.39 is 0 Å². The zero-order valence-corrected chi connectivity index (χ0v) is 10.9. The number of pyridine rings is 1. The number of aromatic nitrogens is 6. The Labute approximate surface area is 112 Å². The highest BCUT2D eigenvalue weighted by Gasteiger charge is 2.08. The van der Waals surface area contributed by atoms with E-state index in [9.17, 15) is 0 Å². The van der Waals surface area contributed by atoms with Crippen LogP contribution in [0.5, 0.6) is 0 Å². The first-order valence-corrected chi connectivity index (χ1v) is 6.54. The van der Waals surface area contributed by atoms with E-state index in [1.807, 2.05) is 12.1 Å². The molecule has 3 rings (SSSR count). The molecule has 0 atom stereocenters. The number of hydrogen-bond acceptors (Lipinski definition) is 7. The number of rotatable bonds is 4. The van der Waals surface area contributed by atoms with Crippen LogP contribution < -0.4 is 0 Å². The fourth-order valence-corrected chi connectivity index (χ4v) is 2.11. The highest BCUT2D eigenvalue weighted by atomic mass is 32.2. The van der Waals surface area contributed by atoms with Crippen molar-refractivity contribution in [2.75, 3.05) is 0 Å². The van der Waals surface area contributed by atoms with E-state index in [0.717, 1.165) is 5.56 Å². The van der Waals surface area contributed by atoms with Crippen LogP contribution >= 0.6 is 11.8 Å². The van der Waals surface area contributed by atoms with Crippen molar-refractivity contribution in [1.82, 2.24) is 30.4 Å². The second-order valence-corrected chi connectivity index (χ2v) is 4.65. The number of H-pyrrole nitrogens is 1. The molecule has 0 aromatic carbocycles. The summed E-state index contributed by atoms with van der Waals surface area (Å²) in [6.45, 7) is 1.76. The summed E-state index contributed by atoms with van der Waals surface area (Å²) >= 11 is 1.44. The molecule has 0 saturated carbocycles. The molecule has 7 nitrogen and oxygen atoms in total. The molecule has 3 heterocycles. The van der Waals surface area contributed by atoms with Crippen LogP contribution in [0.1, 0.15) is 11.8 Å². The smallest absolute Gasteiger partial charge is 0.226 e. The summed E-state index contributed by atoms with van der Waals surface area (Å²) in [5.41, 5.74) is 0.947. The predicted molar refractivity (Wildman–Crippen MR) is 68.2 cm³/mol. The molecule has 19 heavy (non-hydrogen) atoms. The van der Waals surface area contributed by atoms with Gasteiger partial charge in [0.25, 0.3) is 0 Å². The first-order chi connectivity index (χ1) is 9.31. The summed E-state index contributed by atoms with van der Waals surface area (Å²) in [6.07, 6.45) is 3.43. The van der Waals surface area contributed by atoms with Crippen molar-refractivity contribution < 1.29 is 4.42 Å². The van der Waals surface area contributed by atoms with Crippen LogP contribution in [0.25, 0.3) is 11.4 Å². The molecule has 0 amide bonds. The maximum Gasteiger partial charge on any atom is 0.226 e. The SMILES string of the molecule is Cc1nnc(CSc2n[nH]c(-c3ccncc3)n2)o1. The molecule has 0 aliphatic rings. The van der Waals surface area contributed by atoms with Gasteiger partial charge in [-0.25, -0.2) is 4.98 Å². The molecule has 0 fully saturated rings. The fourth-order valence-electron chi connectivity index (χ4n) is 1.47. The Bertz CT molecular complexity index is 665. The molecule has 3 aromatic heterocycles. The number of thioether (sulfide) groups is 1. The van der Waals surface area contributed by atoms with Crippen molar-refractivity contribution >= 4 is 11.8 Å². The molecule has 0 aliphatic heterocycles. The third-order valence-corrected chi connectivity index (χ3v) is 3.14. The van der Waals surface area contributed by atoms with E-state index in [-0.39, 0.29) is 0 Å². The first kappa shape index (κ1) is 11.8. The van der Waals surface area contributed by atoms with Gasteiger partial charge in [0.1, 0.15) is 0 Å². The third kappa shape index (κ3) is 2.79. The van der Waals surface area contributed by atoms with Crippen LogP contribution in [0.15, 0.2) is 34.1 Å². The Morgan fingerprint density at radius 1 is 1.26 bits per heavy atom. The van der Waals surface area contributed by atoms with Crippen LogP contribution in [0, 0.1) is 6.92 Å². The molecule has 0 spiro atoms. The Kier molecular flexibility index (Phi) is 3.23. The molecular weight excluding hydrogens is 264 g/mol. The minimum atomic E-state index is 0.550. The van der Waals surface area contributed by atoms with Crippen molar-refractivity contribution in [1.29, 1.82) is 0 Å². The molecule has 0 radical (unpaired) electrons. The lowest BCUT2D eigenvalue weighted by Gasteiger charge is -1.92. The lowest BCUT2D eigenvalue weighted by molar-refractivity contribution is 0.485. The zero-order chi connectivity index (χ0) is 13.1. The molecule has 0 aliphatic carbocycles. The van der Waals surface area contributed by atoms with E-state index in [1.165, 1.54) is 11.8 Å². The Hall–Kier alpha value is -2.22. The standard InChI is InChI=1S/C11H10N6OS/c1-7-14-15-9(18-7)6-19-11-13-10(16-17-11)8-2-4-12-5-3-8/h2-5H,6H2,1H3,(H,13,16,17). The van der Waals surface area contributed by atoms with Crippen molar-refractivity contribution in [3.05, 3.63) is 36.3 Å².